The Morgan fingerprint density at radius 3 is 2.68 bits per heavy atom. The molecule has 0 radical (unpaired) electrons. The van der Waals surface area contributed by atoms with Gasteiger partial charge in [-0.25, -0.2) is 4.79 Å². The van der Waals surface area contributed by atoms with E-state index in [1.807, 2.05) is 0 Å². The number of nitro groups is 1. The topological polar surface area (TPSA) is 110 Å². The number of hydrogen-bond donors (Lipinski definition) is 1. The summed E-state index contributed by atoms with van der Waals surface area (Å²) in [6.45, 7) is 3.57. The van der Waals surface area contributed by atoms with Crippen molar-refractivity contribution < 1.29 is 14.5 Å². The molecule has 0 unspecified atom stereocenters. The molecule has 19 heavy (non-hydrogen) atoms. The first-order valence-corrected chi connectivity index (χ1v) is 5.68. The maximum Gasteiger partial charge on any atom is 0.324 e. The van der Waals surface area contributed by atoms with Gasteiger partial charge in [0.05, 0.1) is 4.92 Å². The van der Waals surface area contributed by atoms with E-state index in [-0.39, 0.29) is 17.9 Å². The SMILES string of the molecule is Cc1nn(CC(=O)N2CCNC2=O)c(C)c1[N+](=O)[O-]. The molecule has 102 valence electrons. The van der Waals surface area contributed by atoms with E-state index < -0.39 is 16.9 Å². The predicted molar refractivity (Wildman–Crippen MR) is 63.5 cm³/mol. The summed E-state index contributed by atoms with van der Waals surface area (Å²) in [5, 5.41) is 17.3. The number of aromatic nitrogens is 2. The van der Waals surface area contributed by atoms with Crippen LogP contribution in [0.3, 0.4) is 0 Å². The first kappa shape index (κ1) is 13.0. The number of carbonyl (C=O) groups excluding carboxylic acids is 2. The Bertz CT molecular complexity index is 565. The van der Waals surface area contributed by atoms with Crippen LogP contribution in [0.1, 0.15) is 11.4 Å². The third-order valence-corrected chi connectivity index (χ3v) is 2.97. The Balaban J connectivity index is 2.20. The van der Waals surface area contributed by atoms with Crippen molar-refractivity contribution in [3.63, 3.8) is 0 Å². The van der Waals surface area contributed by atoms with E-state index in [1.165, 1.54) is 18.5 Å². The molecule has 0 bridgehead atoms. The maximum atomic E-state index is 11.9. The number of amides is 3. The van der Waals surface area contributed by atoms with Gasteiger partial charge in [0.25, 0.3) is 5.91 Å². The van der Waals surface area contributed by atoms with Crippen molar-refractivity contribution >= 4 is 17.6 Å². The molecule has 0 spiro atoms. The second-order valence-electron chi connectivity index (χ2n) is 4.21. The predicted octanol–water partition coefficient (Wildman–Crippen LogP) is -0.0401. The number of carbonyl (C=O) groups is 2. The molecular formula is C10H13N5O4. The lowest BCUT2D eigenvalue weighted by Crippen LogP contribution is -2.36. The van der Waals surface area contributed by atoms with E-state index in [2.05, 4.69) is 10.4 Å². The molecule has 1 fully saturated rings. The van der Waals surface area contributed by atoms with Gasteiger partial charge in [-0.3, -0.25) is 24.5 Å². The van der Waals surface area contributed by atoms with E-state index in [0.717, 1.165) is 4.90 Å². The lowest BCUT2D eigenvalue weighted by atomic mass is 10.3. The second kappa shape index (κ2) is 4.67. The Labute approximate surface area is 108 Å². The molecule has 1 aliphatic heterocycles. The van der Waals surface area contributed by atoms with Gasteiger partial charge < -0.3 is 5.32 Å². The minimum absolute atomic E-state index is 0.0985. The number of nitrogens with one attached hydrogen (secondary N) is 1. The zero-order valence-electron chi connectivity index (χ0n) is 10.5. The van der Waals surface area contributed by atoms with Crippen LogP contribution in [-0.2, 0) is 11.3 Å². The van der Waals surface area contributed by atoms with Crippen molar-refractivity contribution in [2.24, 2.45) is 0 Å². The van der Waals surface area contributed by atoms with Crippen molar-refractivity contribution in [3.8, 4) is 0 Å². The van der Waals surface area contributed by atoms with Crippen LogP contribution in [0.25, 0.3) is 0 Å². The van der Waals surface area contributed by atoms with E-state index in [0.29, 0.717) is 18.8 Å². The lowest BCUT2D eigenvalue weighted by molar-refractivity contribution is -0.386. The molecule has 0 saturated carbocycles. The highest BCUT2D eigenvalue weighted by atomic mass is 16.6. The van der Waals surface area contributed by atoms with Crippen molar-refractivity contribution in [3.05, 3.63) is 21.5 Å². The molecule has 9 nitrogen and oxygen atoms in total. The minimum Gasteiger partial charge on any atom is -0.336 e. The van der Waals surface area contributed by atoms with E-state index >= 15 is 0 Å². The molecule has 9 heteroatoms. The van der Waals surface area contributed by atoms with Gasteiger partial charge in [0.1, 0.15) is 17.9 Å². The first-order valence-electron chi connectivity index (χ1n) is 5.68. The molecule has 1 aromatic rings. The summed E-state index contributed by atoms with van der Waals surface area (Å²) < 4.78 is 1.25. The summed E-state index contributed by atoms with van der Waals surface area (Å²) in [7, 11) is 0. The van der Waals surface area contributed by atoms with Crippen LogP contribution >= 0.6 is 0 Å². The fraction of sp³-hybridized carbons (Fsp3) is 0.500. The normalized spacial score (nSPS) is 14.6. The van der Waals surface area contributed by atoms with Gasteiger partial charge in [-0.15, -0.1) is 0 Å². The largest absolute Gasteiger partial charge is 0.336 e. The summed E-state index contributed by atoms with van der Waals surface area (Å²) >= 11 is 0. The summed E-state index contributed by atoms with van der Waals surface area (Å²) in [5.41, 5.74) is 0.454. The Morgan fingerprint density at radius 1 is 1.53 bits per heavy atom. The third kappa shape index (κ3) is 2.26. The molecule has 3 amide bonds. The minimum atomic E-state index is -0.527. The average Bonchev–Trinajstić information content (AvgIpc) is 2.84. The number of hydrogen-bond acceptors (Lipinski definition) is 5. The molecule has 1 aliphatic rings. The van der Waals surface area contributed by atoms with Gasteiger partial charge in [-0.05, 0) is 13.8 Å². The smallest absolute Gasteiger partial charge is 0.324 e. The number of urea groups is 1. The van der Waals surface area contributed by atoms with Crippen LogP contribution in [0.2, 0.25) is 0 Å². The fourth-order valence-electron chi connectivity index (χ4n) is 2.03. The van der Waals surface area contributed by atoms with Gasteiger partial charge in [0, 0.05) is 13.1 Å². The molecule has 0 aromatic carbocycles. The van der Waals surface area contributed by atoms with Crippen LogP contribution in [0.4, 0.5) is 10.5 Å². The van der Waals surface area contributed by atoms with Crippen LogP contribution in [-0.4, -0.2) is 44.6 Å². The molecule has 0 atom stereocenters. The molecule has 1 N–H and O–H groups in total. The van der Waals surface area contributed by atoms with Crippen molar-refractivity contribution in [1.29, 1.82) is 0 Å². The van der Waals surface area contributed by atoms with Gasteiger partial charge in [0.2, 0.25) is 0 Å². The highest BCUT2D eigenvalue weighted by Crippen LogP contribution is 2.21. The van der Waals surface area contributed by atoms with Gasteiger partial charge in [-0.2, -0.15) is 5.10 Å². The van der Waals surface area contributed by atoms with Crippen LogP contribution in [0, 0.1) is 24.0 Å². The first-order chi connectivity index (χ1) is 8.91. The molecule has 0 aliphatic carbocycles. The highest BCUT2D eigenvalue weighted by molar-refractivity contribution is 5.95. The Morgan fingerprint density at radius 2 is 2.21 bits per heavy atom. The van der Waals surface area contributed by atoms with E-state index in [4.69, 9.17) is 0 Å². The summed E-state index contributed by atoms with van der Waals surface area (Å²) in [6, 6.07) is -0.443. The summed E-state index contributed by atoms with van der Waals surface area (Å²) in [5.74, 6) is -0.435. The number of nitrogens with zero attached hydrogens (tertiary/aromatic N) is 4. The molecule has 1 aromatic heterocycles. The summed E-state index contributed by atoms with van der Waals surface area (Å²) in [4.78, 5) is 34.6. The molecule has 1 saturated heterocycles. The third-order valence-electron chi connectivity index (χ3n) is 2.97. The van der Waals surface area contributed by atoms with Crippen LogP contribution in [0.5, 0.6) is 0 Å². The number of aryl methyl sites for hydroxylation is 1. The van der Waals surface area contributed by atoms with Gasteiger partial charge >= 0.3 is 11.7 Å². The van der Waals surface area contributed by atoms with Crippen LogP contribution in [0.15, 0.2) is 0 Å². The molecule has 2 rings (SSSR count). The number of rotatable bonds is 3. The highest BCUT2D eigenvalue weighted by Gasteiger charge is 2.28. The van der Waals surface area contributed by atoms with Crippen LogP contribution < -0.4 is 5.32 Å². The Kier molecular flexibility index (Phi) is 3.19. The maximum absolute atomic E-state index is 11.9. The van der Waals surface area contributed by atoms with Crippen molar-refractivity contribution in [1.82, 2.24) is 20.0 Å². The second-order valence-corrected chi connectivity index (χ2v) is 4.21. The molecule has 2 heterocycles. The van der Waals surface area contributed by atoms with Crippen molar-refractivity contribution in [2.75, 3.05) is 13.1 Å². The van der Waals surface area contributed by atoms with E-state index in [1.54, 1.807) is 0 Å². The Hall–Kier alpha value is -2.45. The van der Waals surface area contributed by atoms with Gasteiger partial charge in [0.15, 0.2) is 0 Å². The fourth-order valence-corrected chi connectivity index (χ4v) is 2.03. The number of imide groups is 1. The van der Waals surface area contributed by atoms with Gasteiger partial charge in [-0.1, -0.05) is 0 Å². The standard InChI is InChI=1S/C10H13N5O4/c1-6-9(15(18)19)7(2)14(12-6)5-8(16)13-4-3-11-10(13)17/h3-5H2,1-2H3,(H,11,17). The summed E-state index contributed by atoms with van der Waals surface area (Å²) in [6.07, 6.45) is 0. The van der Waals surface area contributed by atoms with Crippen molar-refractivity contribution in [2.45, 2.75) is 20.4 Å². The quantitative estimate of drug-likeness (QED) is 0.610. The van der Waals surface area contributed by atoms with E-state index in [9.17, 15) is 19.7 Å². The monoisotopic (exact) mass is 267 g/mol. The zero-order valence-corrected chi connectivity index (χ0v) is 10.5. The molecular weight excluding hydrogens is 254 g/mol. The zero-order chi connectivity index (χ0) is 14.2. The average molecular weight is 267 g/mol. The lowest BCUT2D eigenvalue weighted by Gasteiger charge is -2.12.